The molecule has 1 heterocycles. The summed E-state index contributed by atoms with van der Waals surface area (Å²) < 4.78 is 5.17. The predicted octanol–water partition coefficient (Wildman–Crippen LogP) is 4.50. The smallest absolute Gasteiger partial charge is 0.157 e. The normalized spacial score (nSPS) is 13.8. The van der Waals surface area contributed by atoms with E-state index in [0.29, 0.717) is 27.7 Å². The Hall–Kier alpha value is -2.39. The number of aryl methyl sites for hydroxylation is 1. The summed E-state index contributed by atoms with van der Waals surface area (Å²) in [5.41, 5.74) is 8.82. The molecule has 0 amide bonds. The number of methoxy groups -OCH3 is 1. The van der Waals surface area contributed by atoms with Crippen LogP contribution in [0.25, 0.3) is 0 Å². The van der Waals surface area contributed by atoms with Crippen LogP contribution < -0.4 is 10.5 Å². The Bertz CT molecular complexity index is 773. The Morgan fingerprint density at radius 3 is 2.86 bits per heavy atom. The number of azo groups is 1. The molecule has 6 heteroatoms. The molecule has 0 radical (unpaired) electrons. The number of ether oxygens (including phenoxy) is 1. The molecule has 0 aliphatic heterocycles. The van der Waals surface area contributed by atoms with E-state index in [1.54, 1.807) is 36.6 Å². The molecule has 1 aliphatic carbocycles. The zero-order chi connectivity index (χ0) is 15.5. The molecule has 0 saturated carbocycles. The molecule has 1 aromatic carbocycles. The van der Waals surface area contributed by atoms with Crippen molar-refractivity contribution in [2.24, 2.45) is 10.2 Å². The maximum atomic E-state index is 9.41. The molecule has 3 rings (SSSR count). The van der Waals surface area contributed by atoms with E-state index in [-0.39, 0.29) is 0 Å². The lowest BCUT2D eigenvalue weighted by Crippen LogP contribution is -1.99. The Morgan fingerprint density at radius 1 is 1.27 bits per heavy atom. The molecule has 22 heavy (non-hydrogen) atoms. The topological polar surface area (TPSA) is 83.8 Å². The van der Waals surface area contributed by atoms with E-state index >= 15 is 0 Å². The van der Waals surface area contributed by atoms with Crippen LogP contribution in [-0.4, -0.2) is 7.11 Å². The third-order valence-electron chi connectivity index (χ3n) is 3.75. The summed E-state index contributed by atoms with van der Waals surface area (Å²) in [7, 11) is 1.59. The zero-order valence-electron chi connectivity index (χ0n) is 12.3. The third-order valence-corrected chi connectivity index (χ3v) is 4.93. The quantitative estimate of drug-likeness (QED) is 0.668. The van der Waals surface area contributed by atoms with E-state index in [4.69, 9.17) is 10.5 Å². The first-order chi connectivity index (χ1) is 10.7. The summed E-state index contributed by atoms with van der Waals surface area (Å²) in [5, 5.41) is 18.6. The first-order valence-corrected chi connectivity index (χ1v) is 7.94. The van der Waals surface area contributed by atoms with Crippen molar-refractivity contribution in [1.29, 1.82) is 5.26 Å². The predicted molar refractivity (Wildman–Crippen MR) is 87.3 cm³/mol. The van der Waals surface area contributed by atoms with Crippen LogP contribution in [0.3, 0.4) is 0 Å². The van der Waals surface area contributed by atoms with Crippen molar-refractivity contribution >= 4 is 27.7 Å². The molecule has 0 bridgehead atoms. The first-order valence-electron chi connectivity index (χ1n) is 7.13. The number of nitrogen functional groups attached to an aromatic ring is 1. The van der Waals surface area contributed by atoms with Gasteiger partial charge in [0.25, 0.3) is 0 Å². The van der Waals surface area contributed by atoms with Crippen LogP contribution in [0.5, 0.6) is 5.75 Å². The lowest BCUT2D eigenvalue weighted by atomic mass is 9.96. The Kier molecular flexibility index (Phi) is 4.07. The summed E-state index contributed by atoms with van der Waals surface area (Å²) in [4.78, 5) is 1.27. The van der Waals surface area contributed by atoms with Crippen molar-refractivity contribution in [2.75, 3.05) is 12.8 Å². The van der Waals surface area contributed by atoms with Gasteiger partial charge in [-0.3, -0.25) is 0 Å². The number of hydrogen-bond donors (Lipinski definition) is 1. The third kappa shape index (κ3) is 2.68. The second-order valence-electron chi connectivity index (χ2n) is 5.13. The van der Waals surface area contributed by atoms with Gasteiger partial charge in [0.1, 0.15) is 17.5 Å². The fourth-order valence-corrected chi connectivity index (χ4v) is 3.73. The molecule has 2 aromatic rings. The van der Waals surface area contributed by atoms with Crippen molar-refractivity contribution in [3.63, 3.8) is 0 Å². The minimum atomic E-state index is 0.532. The highest BCUT2D eigenvalue weighted by Gasteiger charge is 2.20. The second-order valence-corrected chi connectivity index (χ2v) is 6.21. The average molecular weight is 312 g/mol. The number of thiophene rings is 1. The fourth-order valence-electron chi connectivity index (χ4n) is 2.57. The van der Waals surface area contributed by atoms with Crippen LogP contribution in [-0.2, 0) is 12.8 Å². The van der Waals surface area contributed by atoms with Crippen LogP contribution in [0.2, 0.25) is 0 Å². The van der Waals surface area contributed by atoms with Crippen molar-refractivity contribution in [2.45, 2.75) is 25.7 Å². The Labute approximate surface area is 133 Å². The zero-order valence-corrected chi connectivity index (χ0v) is 13.1. The minimum Gasteiger partial charge on any atom is -0.497 e. The maximum Gasteiger partial charge on any atom is 0.157 e. The Morgan fingerprint density at radius 2 is 2.09 bits per heavy atom. The van der Waals surface area contributed by atoms with Gasteiger partial charge in [-0.2, -0.15) is 5.26 Å². The second kappa shape index (κ2) is 6.16. The van der Waals surface area contributed by atoms with E-state index in [2.05, 4.69) is 16.3 Å². The lowest BCUT2D eigenvalue weighted by molar-refractivity contribution is 0.415. The van der Waals surface area contributed by atoms with Crippen LogP contribution in [0.1, 0.15) is 28.8 Å². The van der Waals surface area contributed by atoms with Crippen LogP contribution in [0.4, 0.5) is 16.4 Å². The number of benzene rings is 1. The molecular weight excluding hydrogens is 296 g/mol. The van der Waals surface area contributed by atoms with Gasteiger partial charge in [0.15, 0.2) is 5.00 Å². The molecule has 0 spiro atoms. The van der Waals surface area contributed by atoms with Crippen LogP contribution >= 0.6 is 11.3 Å². The van der Waals surface area contributed by atoms with Gasteiger partial charge < -0.3 is 10.5 Å². The fraction of sp³-hybridized carbons (Fsp3) is 0.312. The van der Waals surface area contributed by atoms with Crippen molar-refractivity contribution < 1.29 is 4.74 Å². The van der Waals surface area contributed by atoms with Crippen LogP contribution in [0.15, 0.2) is 28.4 Å². The van der Waals surface area contributed by atoms with Gasteiger partial charge in [0.05, 0.1) is 18.4 Å². The average Bonchev–Trinajstić information content (AvgIpc) is 2.91. The van der Waals surface area contributed by atoms with Gasteiger partial charge in [0.2, 0.25) is 0 Å². The number of rotatable bonds is 3. The number of nitriles is 1. The molecule has 112 valence electrons. The Balaban J connectivity index is 1.96. The molecule has 1 aromatic heterocycles. The summed E-state index contributed by atoms with van der Waals surface area (Å²) in [6.07, 6.45) is 4.31. The summed E-state index contributed by atoms with van der Waals surface area (Å²) in [5.74, 6) is 0.675. The number of fused-ring (bicyclic) bond motifs is 1. The summed E-state index contributed by atoms with van der Waals surface area (Å²) in [6.45, 7) is 0. The molecule has 0 saturated heterocycles. The van der Waals surface area contributed by atoms with Gasteiger partial charge in [-0.05, 0) is 43.4 Å². The van der Waals surface area contributed by atoms with E-state index in [1.165, 1.54) is 11.3 Å². The molecule has 2 N–H and O–H groups in total. The van der Waals surface area contributed by atoms with Crippen LogP contribution in [0, 0.1) is 11.3 Å². The van der Waals surface area contributed by atoms with E-state index in [1.807, 2.05) is 0 Å². The standard InChI is InChI=1S/C16H16N4OS/c1-21-10-6-7-13(18)14(8-10)19-20-16-12(9-17)11-4-2-3-5-15(11)22-16/h6-8H,2-5,18H2,1H3. The lowest BCUT2D eigenvalue weighted by Gasteiger charge is -2.09. The highest BCUT2D eigenvalue weighted by molar-refractivity contribution is 7.16. The number of nitrogens with zero attached hydrogens (tertiary/aromatic N) is 3. The van der Waals surface area contributed by atoms with Gasteiger partial charge >= 0.3 is 0 Å². The van der Waals surface area contributed by atoms with Gasteiger partial charge in [-0.25, -0.2) is 0 Å². The molecule has 1 aliphatic rings. The maximum absolute atomic E-state index is 9.41. The van der Waals surface area contributed by atoms with Gasteiger partial charge in [-0.15, -0.1) is 21.6 Å². The highest BCUT2D eigenvalue weighted by atomic mass is 32.1. The van der Waals surface area contributed by atoms with Gasteiger partial charge in [0, 0.05) is 10.9 Å². The molecular formula is C16H16N4OS. The number of hydrogen-bond acceptors (Lipinski definition) is 6. The number of anilines is 1. The van der Waals surface area contributed by atoms with Crippen molar-refractivity contribution in [3.05, 3.63) is 34.2 Å². The highest BCUT2D eigenvalue weighted by Crippen LogP contribution is 2.40. The molecule has 0 fully saturated rings. The van der Waals surface area contributed by atoms with E-state index in [9.17, 15) is 5.26 Å². The summed E-state index contributed by atoms with van der Waals surface area (Å²) in [6, 6.07) is 7.52. The molecule has 0 unspecified atom stereocenters. The SMILES string of the molecule is COc1ccc(N)c(N=Nc2sc3c(c2C#N)CCCC3)c1. The monoisotopic (exact) mass is 312 g/mol. The van der Waals surface area contributed by atoms with Crippen molar-refractivity contribution in [1.82, 2.24) is 0 Å². The molecule has 0 atom stereocenters. The van der Waals surface area contributed by atoms with Gasteiger partial charge in [-0.1, -0.05) is 0 Å². The summed E-state index contributed by atoms with van der Waals surface area (Å²) >= 11 is 1.57. The van der Waals surface area contributed by atoms with E-state index < -0.39 is 0 Å². The molecule has 5 nitrogen and oxygen atoms in total. The minimum absolute atomic E-state index is 0.532. The largest absolute Gasteiger partial charge is 0.497 e. The first kappa shape index (κ1) is 14.5. The van der Waals surface area contributed by atoms with E-state index in [0.717, 1.165) is 24.8 Å². The number of nitrogens with two attached hydrogens (primary N) is 1. The van der Waals surface area contributed by atoms with Crippen molar-refractivity contribution in [3.8, 4) is 11.8 Å².